The molecule has 2 rings (SSSR count). The number of rotatable bonds is 6. The Balaban J connectivity index is 2.20. The number of nitrogens with zero attached hydrogens (tertiary/aromatic N) is 2. The molecule has 0 spiro atoms. The predicted octanol–water partition coefficient (Wildman–Crippen LogP) is 1.54. The number of anilines is 1. The number of carbonyl (C=O) groups is 1. The fourth-order valence-corrected chi connectivity index (χ4v) is 4.08. The van der Waals surface area contributed by atoms with Gasteiger partial charge < -0.3 is 10.1 Å². The van der Waals surface area contributed by atoms with Crippen molar-refractivity contribution in [1.29, 1.82) is 0 Å². The number of sulfonamides is 1. The summed E-state index contributed by atoms with van der Waals surface area (Å²) >= 11 is 0.779. The Labute approximate surface area is 137 Å². The average molecular weight is 356 g/mol. The highest BCUT2D eigenvalue weighted by molar-refractivity contribution is 7.91. The molecule has 2 aromatic rings. The maximum Gasteiger partial charge on any atom is 0.270 e. The number of benzene rings is 1. The average Bonchev–Trinajstić information content (AvgIpc) is 2.95. The van der Waals surface area contributed by atoms with Crippen LogP contribution in [0.5, 0.6) is 5.75 Å². The lowest BCUT2D eigenvalue weighted by Crippen LogP contribution is -2.27. The molecule has 1 aromatic carbocycles. The third kappa shape index (κ3) is 4.24. The van der Waals surface area contributed by atoms with Crippen molar-refractivity contribution in [3.63, 3.8) is 0 Å². The minimum atomic E-state index is -3.86. The van der Waals surface area contributed by atoms with Gasteiger partial charge >= 0.3 is 0 Å². The van der Waals surface area contributed by atoms with E-state index in [0.29, 0.717) is 11.3 Å². The standard InChI is InChI=1S/C13H16N4O4S2/c1-8(10-6-4-5-7-11(10)21-3)17-23(19,20)13-16-15-12(22-13)14-9(2)18/h4-8,17H,1-3H3,(H,14,15,18)/t8-/m1/s1. The highest BCUT2D eigenvalue weighted by Gasteiger charge is 2.24. The van der Waals surface area contributed by atoms with E-state index in [1.807, 2.05) is 0 Å². The minimum absolute atomic E-state index is 0.128. The number of aromatic nitrogens is 2. The summed E-state index contributed by atoms with van der Waals surface area (Å²) in [4.78, 5) is 11.0. The summed E-state index contributed by atoms with van der Waals surface area (Å²) in [6.45, 7) is 3.00. The van der Waals surface area contributed by atoms with Crippen LogP contribution >= 0.6 is 11.3 Å². The zero-order chi connectivity index (χ0) is 17.0. The van der Waals surface area contributed by atoms with Crippen LogP contribution in [0.2, 0.25) is 0 Å². The van der Waals surface area contributed by atoms with Gasteiger partial charge in [-0.3, -0.25) is 4.79 Å². The third-order valence-corrected chi connectivity index (χ3v) is 5.60. The molecule has 1 heterocycles. The van der Waals surface area contributed by atoms with Crippen molar-refractivity contribution in [2.45, 2.75) is 24.2 Å². The van der Waals surface area contributed by atoms with Crippen LogP contribution in [0.3, 0.4) is 0 Å². The Kier molecular flexibility index (Phi) is 5.29. The van der Waals surface area contributed by atoms with Crippen LogP contribution in [-0.4, -0.2) is 31.6 Å². The van der Waals surface area contributed by atoms with Crippen molar-refractivity contribution < 1.29 is 17.9 Å². The smallest absolute Gasteiger partial charge is 0.270 e. The predicted molar refractivity (Wildman–Crippen MR) is 85.9 cm³/mol. The summed E-state index contributed by atoms with van der Waals surface area (Å²) in [5.74, 6) is 0.236. The van der Waals surface area contributed by atoms with Crippen molar-refractivity contribution in [2.75, 3.05) is 12.4 Å². The van der Waals surface area contributed by atoms with Gasteiger partial charge in [0.1, 0.15) is 5.75 Å². The van der Waals surface area contributed by atoms with Crippen LogP contribution in [-0.2, 0) is 14.8 Å². The van der Waals surface area contributed by atoms with Gasteiger partial charge in [-0.05, 0) is 13.0 Å². The van der Waals surface area contributed by atoms with Crippen molar-refractivity contribution in [2.24, 2.45) is 0 Å². The lowest BCUT2D eigenvalue weighted by molar-refractivity contribution is -0.114. The van der Waals surface area contributed by atoms with Crippen molar-refractivity contribution >= 4 is 32.4 Å². The van der Waals surface area contributed by atoms with Gasteiger partial charge in [0, 0.05) is 18.5 Å². The molecular formula is C13H16N4O4S2. The number of amides is 1. The Morgan fingerprint density at radius 1 is 1.30 bits per heavy atom. The van der Waals surface area contributed by atoms with Gasteiger partial charge in [-0.2, -0.15) is 0 Å². The number of hydrogen-bond acceptors (Lipinski definition) is 7. The van der Waals surface area contributed by atoms with Gasteiger partial charge in [0.15, 0.2) is 0 Å². The van der Waals surface area contributed by atoms with Crippen LogP contribution in [0.1, 0.15) is 25.5 Å². The normalized spacial score (nSPS) is 12.7. The Hall–Kier alpha value is -2.04. The summed E-state index contributed by atoms with van der Waals surface area (Å²) in [7, 11) is -2.34. The number of hydrogen-bond donors (Lipinski definition) is 2. The fourth-order valence-electron chi connectivity index (χ4n) is 1.89. The first-order valence-corrected chi connectivity index (χ1v) is 8.90. The number of methoxy groups -OCH3 is 1. The Morgan fingerprint density at radius 3 is 2.65 bits per heavy atom. The van der Waals surface area contributed by atoms with Gasteiger partial charge in [0.25, 0.3) is 10.0 Å². The highest BCUT2D eigenvalue weighted by Crippen LogP contribution is 2.27. The molecule has 23 heavy (non-hydrogen) atoms. The zero-order valence-corrected chi connectivity index (χ0v) is 14.4. The maximum atomic E-state index is 12.4. The molecule has 0 aliphatic rings. The Bertz CT molecular complexity index is 804. The van der Waals surface area contributed by atoms with E-state index in [-0.39, 0.29) is 15.4 Å². The van der Waals surface area contributed by atoms with Crippen molar-refractivity contribution in [3.8, 4) is 5.75 Å². The molecule has 0 aliphatic heterocycles. The monoisotopic (exact) mass is 356 g/mol. The summed E-state index contributed by atoms with van der Waals surface area (Å²) < 4.78 is 32.2. The molecular weight excluding hydrogens is 340 g/mol. The molecule has 124 valence electrons. The third-order valence-electron chi connectivity index (χ3n) is 2.86. The molecule has 1 atom stereocenters. The van der Waals surface area contributed by atoms with E-state index < -0.39 is 16.1 Å². The summed E-state index contributed by atoms with van der Waals surface area (Å²) in [5, 5.41) is 9.75. The zero-order valence-electron chi connectivity index (χ0n) is 12.7. The van der Waals surface area contributed by atoms with E-state index >= 15 is 0 Å². The van der Waals surface area contributed by atoms with E-state index in [9.17, 15) is 13.2 Å². The first kappa shape index (κ1) is 17.3. The summed E-state index contributed by atoms with van der Waals surface area (Å²) in [6, 6.07) is 6.59. The molecule has 0 unspecified atom stereocenters. The Morgan fingerprint density at radius 2 is 2.00 bits per heavy atom. The van der Waals surface area contributed by atoms with Gasteiger partial charge in [-0.1, -0.05) is 29.5 Å². The van der Waals surface area contributed by atoms with Crippen molar-refractivity contribution in [1.82, 2.24) is 14.9 Å². The molecule has 0 bridgehead atoms. The van der Waals surface area contributed by atoms with E-state index in [1.165, 1.54) is 14.0 Å². The molecule has 8 nitrogen and oxygen atoms in total. The maximum absolute atomic E-state index is 12.4. The van der Waals surface area contributed by atoms with Crippen LogP contribution in [0.25, 0.3) is 0 Å². The second-order valence-electron chi connectivity index (χ2n) is 4.64. The summed E-state index contributed by atoms with van der Waals surface area (Å²) in [5.41, 5.74) is 0.699. The van der Waals surface area contributed by atoms with E-state index in [1.54, 1.807) is 31.2 Å². The second kappa shape index (κ2) is 7.02. The van der Waals surface area contributed by atoms with E-state index in [0.717, 1.165) is 11.3 Å². The minimum Gasteiger partial charge on any atom is -0.496 e. The fraction of sp³-hybridized carbons (Fsp3) is 0.308. The van der Waals surface area contributed by atoms with Gasteiger partial charge in [0.05, 0.1) is 7.11 Å². The summed E-state index contributed by atoms with van der Waals surface area (Å²) in [6.07, 6.45) is 0. The van der Waals surface area contributed by atoms with Crippen LogP contribution in [0, 0.1) is 0 Å². The molecule has 1 aromatic heterocycles. The molecule has 2 N–H and O–H groups in total. The lowest BCUT2D eigenvalue weighted by Gasteiger charge is -2.16. The van der Waals surface area contributed by atoms with Gasteiger partial charge in [-0.25, -0.2) is 13.1 Å². The van der Waals surface area contributed by atoms with E-state index in [2.05, 4.69) is 20.2 Å². The molecule has 10 heteroatoms. The molecule has 0 saturated heterocycles. The topological polar surface area (TPSA) is 110 Å². The van der Waals surface area contributed by atoms with Gasteiger partial charge in [0.2, 0.25) is 15.4 Å². The SMILES string of the molecule is COc1ccccc1[C@@H](C)NS(=O)(=O)c1nnc(NC(C)=O)s1. The first-order valence-electron chi connectivity index (χ1n) is 6.60. The quantitative estimate of drug-likeness (QED) is 0.760. The van der Waals surface area contributed by atoms with Crippen LogP contribution in [0.15, 0.2) is 28.6 Å². The number of nitrogens with one attached hydrogen (secondary N) is 2. The number of ether oxygens (including phenoxy) is 1. The van der Waals surface area contributed by atoms with Crippen molar-refractivity contribution in [3.05, 3.63) is 29.8 Å². The number of para-hydroxylation sites is 1. The highest BCUT2D eigenvalue weighted by atomic mass is 32.2. The second-order valence-corrected chi connectivity index (χ2v) is 7.50. The van der Waals surface area contributed by atoms with Crippen LogP contribution < -0.4 is 14.8 Å². The molecule has 0 radical (unpaired) electrons. The molecule has 0 fully saturated rings. The largest absolute Gasteiger partial charge is 0.496 e. The van der Waals surface area contributed by atoms with Gasteiger partial charge in [-0.15, -0.1) is 10.2 Å². The van der Waals surface area contributed by atoms with Crippen LogP contribution in [0.4, 0.5) is 5.13 Å². The molecule has 1 amide bonds. The lowest BCUT2D eigenvalue weighted by atomic mass is 10.1. The first-order chi connectivity index (χ1) is 10.8. The molecule has 0 aliphatic carbocycles. The number of carbonyl (C=O) groups excluding carboxylic acids is 1. The van der Waals surface area contributed by atoms with E-state index in [4.69, 9.17) is 4.74 Å². The molecule has 0 saturated carbocycles.